The summed E-state index contributed by atoms with van der Waals surface area (Å²) in [4.78, 5) is 13.8. The number of methoxy groups -OCH3 is 1. The molecule has 1 N–H and O–H groups in total. The number of rotatable bonds is 5. The zero-order valence-corrected chi connectivity index (χ0v) is 14.4. The second kappa shape index (κ2) is 7.23. The highest BCUT2D eigenvalue weighted by Gasteiger charge is 2.38. The van der Waals surface area contributed by atoms with Crippen LogP contribution >= 0.6 is 0 Å². The van der Waals surface area contributed by atoms with Crippen LogP contribution < -0.4 is 4.74 Å². The summed E-state index contributed by atoms with van der Waals surface area (Å²) in [5.74, 6) is -0.927. The molecule has 1 saturated heterocycles. The smallest absolute Gasteiger partial charge is 0.308 e. The fourth-order valence-electron chi connectivity index (χ4n) is 3.64. The topological polar surface area (TPSA) is 49.8 Å². The molecule has 1 aliphatic heterocycles. The standard InChI is InChI=1S/C20H22FNO3/c1-13-6-14(8-16(21)7-13)10-22-11-18(19(12-22)20(23)24)15-4-3-5-17(9-15)25-2/h3-9,18-19H,10-12H2,1-2H3,(H,23,24)/t18-,19+/m0/s1. The SMILES string of the molecule is COc1cccc([C@@H]2CN(Cc3cc(C)cc(F)c3)C[C@H]2C(=O)O)c1. The molecule has 4 nitrogen and oxygen atoms in total. The summed E-state index contributed by atoms with van der Waals surface area (Å²) < 4.78 is 18.9. The Labute approximate surface area is 146 Å². The van der Waals surface area contributed by atoms with Gasteiger partial charge in [0.1, 0.15) is 11.6 Å². The number of carboxylic acids is 1. The number of carbonyl (C=O) groups is 1. The van der Waals surface area contributed by atoms with Gasteiger partial charge >= 0.3 is 5.97 Å². The first-order valence-corrected chi connectivity index (χ1v) is 8.31. The summed E-state index contributed by atoms with van der Waals surface area (Å²) in [6, 6.07) is 12.5. The molecule has 25 heavy (non-hydrogen) atoms. The third kappa shape index (κ3) is 3.99. The summed E-state index contributed by atoms with van der Waals surface area (Å²) in [5, 5.41) is 9.63. The summed E-state index contributed by atoms with van der Waals surface area (Å²) in [7, 11) is 1.60. The molecule has 1 aliphatic rings. The molecule has 1 fully saturated rings. The Morgan fingerprint density at radius 3 is 2.76 bits per heavy atom. The van der Waals surface area contributed by atoms with E-state index < -0.39 is 11.9 Å². The van der Waals surface area contributed by atoms with Crippen molar-refractivity contribution in [2.45, 2.75) is 19.4 Å². The number of likely N-dealkylation sites (tertiary alicyclic amines) is 1. The fraction of sp³-hybridized carbons (Fsp3) is 0.350. The first kappa shape index (κ1) is 17.4. The summed E-state index contributed by atoms with van der Waals surface area (Å²) >= 11 is 0. The van der Waals surface area contributed by atoms with E-state index in [1.165, 1.54) is 12.1 Å². The Morgan fingerprint density at radius 1 is 1.28 bits per heavy atom. The van der Waals surface area contributed by atoms with Crippen LogP contribution in [-0.4, -0.2) is 36.2 Å². The average molecular weight is 343 g/mol. The maximum atomic E-state index is 13.6. The second-order valence-corrected chi connectivity index (χ2v) is 6.66. The molecule has 1 heterocycles. The van der Waals surface area contributed by atoms with Crippen LogP contribution in [0.1, 0.15) is 22.6 Å². The van der Waals surface area contributed by atoms with Gasteiger partial charge in [0.25, 0.3) is 0 Å². The predicted octanol–water partition coefficient (Wildman–Crippen LogP) is 3.44. The fourth-order valence-corrected chi connectivity index (χ4v) is 3.64. The number of ether oxygens (including phenoxy) is 1. The van der Waals surface area contributed by atoms with Gasteiger partial charge < -0.3 is 9.84 Å². The molecule has 3 rings (SSSR count). The minimum Gasteiger partial charge on any atom is -0.497 e. The minimum atomic E-state index is -0.800. The van der Waals surface area contributed by atoms with E-state index in [2.05, 4.69) is 4.90 Å². The van der Waals surface area contributed by atoms with Gasteiger partial charge in [-0.05, 0) is 47.9 Å². The van der Waals surface area contributed by atoms with Crippen molar-refractivity contribution in [3.8, 4) is 5.75 Å². The number of halogens is 1. The predicted molar refractivity (Wildman–Crippen MR) is 93.3 cm³/mol. The average Bonchev–Trinajstić information content (AvgIpc) is 2.98. The third-order valence-corrected chi connectivity index (χ3v) is 4.74. The van der Waals surface area contributed by atoms with Crippen molar-refractivity contribution in [3.63, 3.8) is 0 Å². The highest BCUT2D eigenvalue weighted by molar-refractivity contribution is 5.72. The number of nitrogens with zero attached hydrogens (tertiary/aromatic N) is 1. The maximum absolute atomic E-state index is 13.6. The van der Waals surface area contributed by atoms with E-state index in [9.17, 15) is 14.3 Å². The van der Waals surface area contributed by atoms with Crippen molar-refractivity contribution in [3.05, 3.63) is 65.0 Å². The third-order valence-electron chi connectivity index (χ3n) is 4.74. The molecular formula is C20H22FNO3. The molecule has 0 unspecified atom stereocenters. The maximum Gasteiger partial charge on any atom is 0.308 e. The summed E-state index contributed by atoms with van der Waals surface area (Å²) in [5.41, 5.74) is 2.70. The Bertz CT molecular complexity index is 757. The molecule has 0 radical (unpaired) electrons. The van der Waals surface area contributed by atoms with Crippen LogP contribution in [-0.2, 0) is 11.3 Å². The van der Waals surface area contributed by atoms with E-state index in [4.69, 9.17) is 4.74 Å². The number of hydrogen-bond acceptors (Lipinski definition) is 3. The van der Waals surface area contributed by atoms with Crippen molar-refractivity contribution < 1.29 is 19.0 Å². The lowest BCUT2D eigenvalue weighted by Crippen LogP contribution is -2.23. The van der Waals surface area contributed by atoms with Crippen LogP contribution in [0, 0.1) is 18.7 Å². The van der Waals surface area contributed by atoms with Gasteiger partial charge in [0, 0.05) is 25.6 Å². The number of aryl methyl sites for hydroxylation is 1. The Kier molecular flexibility index (Phi) is 5.04. The molecule has 2 atom stereocenters. The van der Waals surface area contributed by atoms with E-state index in [1.807, 2.05) is 37.3 Å². The van der Waals surface area contributed by atoms with Crippen molar-refractivity contribution in [2.24, 2.45) is 5.92 Å². The molecule has 0 spiro atoms. The second-order valence-electron chi connectivity index (χ2n) is 6.66. The molecule has 2 aromatic carbocycles. The Hall–Kier alpha value is -2.40. The highest BCUT2D eigenvalue weighted by atomic mass is 19.1. The molecule has 132 valence electrons. The number of aliphatic carboxylic acids is 1. The van der Waals surface area contributed by atoms with Crippen molar-refractivity contribution >= 4 is 5.97 Å². The molecule has 0 saturated carbocycles. The van der Waals surface area contributed by atoms with Gasteiger partial charge in [0.05, 0.1) is 13.0 Å². The van der Waals surface area contributed by atoms with Crippen molar-refractivity contribution in [1.29, 1.82) is 0 Å². The molecule has 5 heteroatoms. The molecule has 0 bridgehead atoms. The highest BCUT2D eigenvalue weighted by Crippen LogP contribution is 2.35. The minimum absolute atomic E-state index is 0.109. The van der Waals surface area contributed by atoms with Crippen LogP contribution in [0.25, 0.3) is 0 Å². The van der Waals surface area contributed by atoms with Crippen LogP contribution in [0.5, 0.6) is 5.75 Å². The van der Waals surface area contributed by atoms with Gasteiger partial charge in [0.2, 0.25) is 0 Å². The van der Waals surface area contributed by atoms with Crippen molar-refractivity contribution in [2.75, 3.05) is 20.2 Å². The van der Waals surface area contributed by atoms with Gasteiger partial charge in [-0.15, -0.1) is 0 Å². The normalized spacial score (nSPS) is 20.6. The zero-order chi connectivity index (χ0) is 18.0. The Morgan fingerprint density at radius 2 is 2.08 bits per heavy atom. The van der Waals surface area contributed by atoms with E-state index >= 15 is 0 Å². The zero-order valence-electron chi connectivity index (χ0n) is 14.4. The van der Waals surface area contributed by atoms with Gasteiger partial charge in [-0.25, -0.2) is 4.39 Å². The lowest BCUT2D eigenvalue weighted by molar-refractivity contribution is -0.141. The van der Waals surface area contributed by atoms with E-state index in [0.29, 0.717) is 19.6 Å². The van der Waals surface area contributed by atoms with Crippen LogP contribution in [0.15, 0.2) is 42.5 Å². The summed E-state index contributed by atoms with van der Waals surface area (Å²) in [6.45, 7) is 3.48. The van der Waals surface area contributed by atoms with E-state index in [1.54, 1.807) is 7.11 Å². The van der Waals surface area contributed by atoms with Gasteiger partial charge in [-0.3, -0.25) is 9.69 Å². The quantitative estimate of drug-likeness (QED) is 0.903. The number of hydrogen-bond donors (Lipinski definition) is 1. The molecule has 0 aromatic heterocycles. The van der Waals surface area contributed by atoms with E-state index in [-0.39, 0.29) is 11.7 Å². The summed E-state index contributed by atoms with van der Waals surface area (Å²) in [6.07, 6.45) is 0. The van der Waals surface area contributed by atoms with Crippen LogP contribution in [0.2, 0.25) is 0 Å². The molecule has 0 aliphatic carbocycles. The number of benzene rings is 2. The Balaban J connectivity index is 1.81. The molecule has 0 amide bonds. The van der Waals surface area contributed by atoms with Gasteiger partial charge in [0.15, 0.2) is 0 Å². The van der Waals surface area contributed by atoms with Crippen molar-refractivity contribution in [1.82, 2.24) is 4.90 Å². The van der Waals surface area contributed by atoms with Crippen LogP contribution in [0.3, 0.4) is 0 Å². The van der Waals surface area contributed by atoms with Gasteiger partial charge in [-0.2, -0.15) is 0 Å². The van der Waals surface area contributed by atoms with Crippen LogP contribution in [0.4, 0.5) is 4.39 Å². The monoisotopic (exact) mass is 343 g/mol. The lowest BCUT2D eigenvalue weighted by atomic mass is 9.89. The molecule has 2 aromatic rings. The van der Waals surface area contributed by atoms with Gasteiger partial charge in [-0.1, -0.05) is 18.2 Å². The van der Waals surface area contributed by atoms with E-state index in [0.717, 1.165) is 22.4 Å². The lowest BCUT2D eigenvalue weighted by Gasteiger charge is -2.17. The first-order valence-electron chi connectivity index (χ1n) is 8.31. The first-order chi connectivity index (χ1) is 12.0. The number of carboxylic acid groups (broad SMARTS) is 1. The largest absolute Gasteiger partial charge is 0.497 e. The molecular weight excluding hydrogens is 321 g/mol.